The number of fused-ring (bicyclic) bond motifs is 4. The predicted molar refractivity (Wildman–Crippen MR) is 222 cm³/mol. The zero-order chi connectivity index (χ0) is 40.7. The molecule has 9 nitrogen and oxygen atoms in total. The number of hydrogen-bond acceptors (Lipinski definition) is 9. The fourth-order valence-corrected chi connectivity index (χ4v) is 10.5. The molecule has 5 fully saturated rings. The first kappa shape index (κ1) is 42.0. The van der Waals surface area contributed by atoms with Gasteiger partial charge in [-0.3, -0.25) is 0 Å². The van der Waals surface area contributed by atoms with Gasteiger partial charge in [-0.15, -0.1) is 13.2 Å². The molecule has 316 valence electrons. The van der Waals surface area contributed by atoms with Crippen molar-refractivity contribution in [3.8, 4) is 0 Å². The quantitative estimate of drug-likeness (QED) is 0.155. The van der Waals surface area contributed by atoms with Crippen LogP contribution in [-0.4, -0.2) is 96.7 Å². The SMILES string of the molecule is C=C[C@@H]1O[C@@H]2C[C@]3(C)O[C@@H]4C(C)=CCO[C@H]4C[C@H]3O[C@H]2C[C@@H](C)[C@H]1O[C@H]1C[C@H]2O[C@@](C)(CCOCc3ccccc3)[C@H](OCc3ccccc3)C[C@]2(C)O[C@]1(C)C=C. The Morgan fingerprint density at radius 3 is 2.21 bits per heavy atom. The minimum Gasteiger partial charge on any atom is -0.377 e. The summed E-state index contributed by atoms with van der Waals surface area (Å²) in [6.45, 7) is 23.7. The lowest BCUT2D eigenvalue weighted by atomic mass is 9.73. The van der Waals surface area contributed by atoms with Gasteiger partial charge < -0.3 is 42.6 Å². The molecule has 9 heteroatoms. The Hall–Kier alpha value is -2.70. The number of hydrogen-bond donors (Lipinski definition) is 0. The molecule has 0 N–H and O–H groups in total. The van der Waals surface area contributed by atoms with Gasteiger partial charge in [-0.1, -0.05) is 85.8 Å². The summed E-state index contributed by atoms with van der Waals surface area (Å²) in [6.07, 6.45) is 8.28. The normalized spacial score (nSPS) is 43.7. The summed E-state index contributed by atoms with van der Waals surface area (Å²) in [5, 5.41) is 0. The second-order valence-corrected chi connectivity index (χ2v) is 18.7. The van der Waals surface area contributed by atoms with Crippen molar-refractivity contribution in [1.29, 1.82) is 0 Å². The molecule has 0 amide bonds. The summed E-state index contributed by atoms with van der Waals surface area (Å²) in [5.74, 6) is 0.105. The van der Waals surface area contributed by atoms with Crippen molar-refractivity contribution >= 4 is 0 Å². The molecule has 8 rings (SSSR count). The van der Waals surface area contributed by atoms with Gasteiger partial charge in [0.15, 0.2) is 0 Å². The van der Waals surface area contributed by atoms with Gasteiger partial charge in [-0.05, 0) is 63.7 Å². The summed E-state index contributed by atoms with van der Waals surface area (Å²) in [5.41, 5.74) is 0.922. The largest absolute Gasteiger partial charge is 0.377 e. The predicted octanol–water partition coefficient (Wildman–Crippen LogP) is 8.63. The zero-order valence-corrected chi connectivity index (χ0v) is 35.5. The molecule has 2 aromatic rings. The Labute approximate surface area is 346 Å². The number of rotatable bonds is 12. The fourth-order valence-electron chi connectivity index (χ4n) is 10.5. The molecule has 0 saturated carbocycles. The van der Waals surface area contributed by atoms with Crippen LogP contribution in [0.2, 0.25) is 0 Å². The third-order valence-electron chi connectivity index (χ3n) is 14.2. The molecule has 15 atom stereocenters. The van der Waals surface area contributed by atoms with Crippen LogP contribution < -0.4 is 0 Å². The van der Waals surface area contributed by atoms with Crippen molar-refractivity contribution < 1.29 is 42.6 Å². The highest BCUT2D eigenvalue weighted by atomic mass is 16.6. The molecule has 0 spiro atoms. The van der Waals surface area contributed by atoms with E-state index in [-0.39, 0.29) is 67.0 Å². The minimum absolute atomic E-state index is 0.00528. The van der Waals surface area contributed by atoms with Gasteiger partial charge in [-0.2, -0.15) is 0 Å². The molecule has 0 radical (unpaired) electrons. The lowest BCUT2D eigenvalue weighted by Gasteiger charge is -2.59. The molecule has 6 aliphatic heterocycles. The standard InChI is InChI=1S/C49H66O9/c1-9-36-44(33(4)25-37-39(53-36)28-48(7)40(54-37)26-38-45(57-48)32(3)21-23-51-38)55-41-27-42-49(8,58-46(41,5)10-2)29-43(52-31-35-19-15-12-16-20-35)47(6,56-42)22-24-50-30-34-17-13-11-14-18-34/h9-21,33,36-45H,1-2,22-31H2,3-8H3/t33-,36+,37+,38+,39-,40-,41+,42-,43-,44-,45-,46-,47+,48+,49+/m1/s1. The summed E-state index contributed by atoms with van der Waals surface area (Å²) in [7, 11) is 0. The van der Waals surface area contributed by atoms with E-state index in [0.29, 0.717) is 45.7 Å². The van der Waals surface area contributed by atoms with Gasteiger partial charge in [0.1, 0.15) is 17.8 Å². The molecule has 2 aromatic carbocycles. The Morgan fingerprint density at radius 2 is 1.50 bits per heavy atom. The van der Waals surface area contributed by atoms with E-state index in [9.17, 15) is 0 Å². The van der Waals surface area contributed by atoms with Crippen LogP contribution in [0, 0.1) is 5.92 Å². The first-order chi connectivity index (χ1) is 27.8. The van der Waals surface area contributed by atoms with E-state index in [1.54, 1.807) is 0 Å². The summed E-state index contributed by atoms with van der Waals surface area (Å²) in [4.78, 5) is 0. The third-order valence-corrected chi connectivity index (χ3v) is 14.2. The zero-order valence-electron chi connectivity index (χ0n) is 35.5. The van der Waals surface area contributed by atoms with E-state index < -0.39 is 22.4 Å². The first-order valence-corrected chi connectivity index (χ1v) is 21.7. The van der Waals surface area contributed by atoms with Crippen LogP contribution in [0.1, 0.15) is 91.2 Å². The van der Waals surface area contributed by atoms with Crippen LogP contribution in [-0.2, 0) is 55.8 Å². The molecule has 6 heterocycles. The minimum atomic E-state index is -0.802. The number of ether oxygens (including phenoxy) is 9. The molecular weight excluding hydrogens is 733 g/mol. The van der Waals surface area contributed by atoms with Crippen LogP contribution in [0.4, 0.5) is 0 Å². The van der Waals surface area contributed by atoms with E-state index >= 15 is 0 Å². The molecule has 0 bridgehead atoms. The second-order valence-electron chi connectivity index (χ2n) is 18.7. The Balaban J connectivity index is 0.989. The van der Waals surface area contributed by atoms with Crippen LogP contribution in [0.5, 0.6) is 0 Å². The summed E-state index contributed by atoms with van der Waals surface area (Å²) in [6, 6.07) is 20.6. The third kappa shape index (κ3) is 8.46. The molecule has 58 heavy (non-hydrogen) atoms. The van der Waals surface area contributed by atoms with E-state index in [2.05, 4.69) is 85.0 Å². The van der Waals surface area contributed by atoms with E-state index in [4.69, 9.17) is 42.6 Å². The van der Waals surface area contributed by atoms with E-state index in [0.717, 1.165) is 30.4 Å². The average molecular weight is 799 g/mol. The smallest absolute Gasteiger partial charge is 0.110 e. The van der Waals surface area contributed by atoms with Crippen LogP contribution in [0.3, 0.4) is 0 Å². The highest BCUT2D eigenvalue weighted by molar-refractivity contribution is 5.18. The van der Waals surface area contributed by atoms with Crippen molar-refractivity contribution in [3.63, 3.8) is 0 Å². The highest BCUT2D eigenvalue weighted by Gasteiger charge is 2.61. The Kier molecular flexibility index (Phi) is 12.3. The topological polar surface area (TPSA) is 83.1 Å². The molecule has 0 aromatic heterocycles. The van der Waals surface area contributed by atoms with Crippen LogP contribution in [0.25, 0.3) is 0 Å². The lowest BCUT2D eigenvalue weighted by Crippen LogP contribution is -2.69. The van der Waals surface area contributed by atoms with Gasteiger partial charge in [0.2, 0.25) is 0 Å². The molecule has 0 unspecified atom stereocenters. The highest BCUT2D eigenvalue weighted by Crippen LogP contribution is 2.51. The van der Waals surface area contributed by atoms with Crippen molar-refractivity contribution in [1.82, 2.24) is 0 Å². The summed E-state index contributed by atoms with van der Waals surface area (Å²) >= 11 is 0. The Bertz CT molecular complexity index is 1750. The van der Waals surface area contributed by atoms with Gasteiger partial charge in [0, 0.05) is 38.7 Å². The molecule has 0 aliphatic carbocycles. The maximum Gasteiger partial charge on any atom is 0.110 e. The van der Waals surface area contributed by atoms with Gasteiger partial charge in [0.05, 0.1) is 85.5 Å². The first-order valence-electron chi connectivity index (χ1n) is 21.7. The maximum absolute atomic E-state index is 7.27. The average Bonchev–Trinajstić information content (AvgIpc) is 3.33. The number of benzene rings is 2. The van der Waals surface area contributed by atoms with Gasteiger partial charge in [0.25, 0.3) is 0 Å². The van der Waals surface area contributed by atoms with Gasteiger partial charge >= 0.3 is 0 Å². The lowest BCUT2D eigenvalue weighted by molar-refractivity contribution is -0.340. The Morgan fingerprint density at radius 1 is 0.776 bits per heavy atom. The van der Waals surface area contributed by atoms with Crippen molar-refractivity contribution in [2.45, 2.75) is 177 Å². The van der Waals surface area contributed by atoms with E-state index in [1.807, 2.05) is 48.6 Å². The van der Waals surface area contributed by atoms with Crippen molar-refractivity contribution in [2.24, 2.45) is 5.92 Å². The second kappa shape index (κ2) is 17.0. The fraction of sp³-hybridized carbons (Fsp3) is 0.633. The van der Waals surface area contributed by atoms with Crippen LogP contribution in [0.15, 0.2) is 97.6 Å². The van der Waals surface area contributed by atoms with Crippen LogP contribution >= 0.6 is 0 Å². The van der Waals surface area contributed by atoms with Crippen molar-refractivity contribution in [2.75, 3.05) is 13.2 Å². The summed E-state index contributed by atoms with van der Waals surface area (Å²) < 4.78 is 61.6. The molecule has 5 saturated heterocycles. The monoisotopic (exact) mass is 798 g/mol. The van der Waals surface area contributed by atoms with E-state index in [1.165, 1.54) is 5.57 Å². The van der Waals surface area contributed by atoms with Gasteiger partial charge in [-0.25, -0.2) is 0 Å². The van der Waals surface area contributed by atoms with Crippen molar-refractivity contribution in [3.05, 3.63) is 109 Å². The maximum atomic E-state index is 7.27. The molecule has 6 aliphatic rings. The molecular formula is C49H66O9.